The first-order chi connectivity index (χ1) is 11.2. The third kappa shape index (κ3) is 6.05. The zero-order valence-corrected chi connectivity index (χ0v) is 16.1. The van der Waals surface area contributed by atoms with E-state index in [-0.39, 0.29) is 29.8 Å². The monoisotopic (exact) mass is 348 g/mol. The van der Waals surface area contributed by atoms with E-state index in [9.17, 15) is 9.59 Å². The number of carbonyl (C=O) groups excluding carboxylic acids is 2. The third-order valence-corrected chi connectivity index (χ3v) is 3.51. The molecule has 0 fully saturated rings. The van der Waals surface area contributed by atoms with Crippen molar-refractivity contribution in [3.8, 4) is 17.3 Å². The van der Waals surface area contributed by atoms with Crippen LogP contribution in [0.4, 0.5) is 5.82 Å². The number of esters is 1. The molecule has 1 aromatic heterocycles. The third-order valence-electron chi connectivity index (χ3n) is 2.63. The van der Waals surface area contributed by atoms with E-state index in [4.69, 9.17) is 9.47 Å². The van der Waals surface area contributed by atoms with Crippen LogP contribution in [0.25, 0.3) is 0 Å². The Hall–Kier alpha value is -2.33. The van der Waals surface area contributed by atoms with E-state index in [2.05, 4.69) is 41.4 Å². The molecule has 1 N–H and O–H groups in total. The first kappa shape index (κ1) is 19.7. The van der Waals surface area contributed by atoms with Crippen LogP contribution in [0.1, 0.15) is 36.7 Å². The first-order valence-corrected chi connectivity index (χ1v) is 11.3. The van der Waals surface area contributed by atoms with Crippen LogP contribution in [0.15, 0.2) is 6.07 Å². The Morgan fingerprint density at radius 1 is 1.25 bits per heavy atom. The van der Waals surface area contributed by atoms with E-state index in [1.54, 1.807) is 19.9 Å². The number of carbonyl (C=O) groups is 2. The molecular weight excluding hydrogens is 324 g/mol. The molecule has 6 nitrogen and oxygen atoms in total. The number of rotatable bonds is 5. The second-order valence-electron chi connectivity index (χ2n) is 6.07. The van der Waals surface area contributed by atoms with Gasteiger partial charge in [0.25, 0.3) is 0 Å². The number of amides is 1. The number of nitrogens with zero attached hydrogens (tertiary/aromatic N) is 1. The summed E-state index contributed by atoms with van der Waals surface area (Å²) in [7, 11) is -1.64. The maximum Gasteiger partial charge on any atom is 0.343 e. The number of hydrogen-bond acceptors (Lipinski definition) is 5. The Kier molecular flexibility index (Phi) is 6.98. The Balaban J connectivity index is 3.50. The lowest BCUT2D eigenvalue weighted by molar-refractivity contribution is -0.114. The highest BCUT2D eigenvalue weighted by Crippen LogP contribution is 2.24. The average Bonchev–Trinajstić information content (AvgIpc) is 2.45. The highest BCUT2D eigenvalue weighted by atomic mass is 28.3. The summed E-state index contributed by atoms with van der Waals surface area (Å²) in [6.45, 7) is 11.8. The van der Waals surface area contributed by atoms with E-state index in [1.807, 2.05) is 0 Å². The van der Waals surface area contributed by atoms with E-state index in [1.165, 1.54) is 6.92 Å². The first-order valence-electron chi connectivity index (χ1n) is 7.83. The predicted molar refractivity (Wildman–Crippen MR) is 95.9 cm³/mol. The molecule has 1 heterocycles. The molecule has 0 aliphatic heterocycles. The average molecular weight is 348 g/mol. The summed E-state index contributed by atoms with van der Waals surface area (Å²) in [5.74, 6) is 2.64. The van der Waals surface area contributed by atoms with E-state index >= 15 is 0 Å². The Labute approximate surface area is 144 Å². The molecule has 1 amide bonds. The van der Waals surface area contributed by atoms with Crippen molar-refractivity contribution in [2.45, 2.75) is 40.4 Å². The van der Waals surface area contributed by atoms with Crippen LogP contribution in [0, 0.1) is 11.5 Å². The second-order valence-corrected chi connectivity index (χ2v) is 10.8. The van der Waals surface area contributed by atoms with Crippen LogP contribution in [-0.4, -0.2) is 38.1 Å². The smallest absolute Gasteiger partial charge is 0.343 e. The van der Waals surface area contributed by atoms with Crippen LogP contribution in [-0.2, 0) is 9.53 Å². The van der Waals surface area contributed by atoms with Gasteiger partial charge in [0.2, 0.25) is 11.8 Å². The minimum atomic E-state index is -1.64. The molecule has 0 spiro atoms. The van der Waals surface area contributed by atoms with E-state index < -0.39 is 14.0 Å². The largest absolute Gasteiger partial charge is 0.477 e. The zero-order chi connectivity index (χ0) is 18.3. The van der Waals surface area contributed by atoms with Crippen LogP contribution in [0.3, 0.4) is 0 Å². The summed E-state index contributed by atoms with van der Waals surface area (Å²) in [4.78, 5) is 27.9. The fourth-order valence-corrected chi connectivity index (χ4v) is 2.22. The van der Waals surface area contributed by atoms with Crippen molar-refractivity contribution in [3.05, 3.63) is 17.2 Å². The van der Waals surface area contributed by atoms with Crippen molar-refractivity contribution < 1.29 is 19.1 Å². The minimum absolute atomic E-state index is 0.123. The van der Waals surface area contributed by atoms with Gasteiger partial charge in [-0.05, 0) is 19.9 Å². The Morgan fingerprint density at radius 2 is 1.92 bits per heavy atom. The zero-order valence-electron chi connectivity index (χ0n) is 15.1. The summed E-state index contributed by atoms with van der Waals surface area (Å²) in [6.07, 6.45) is 0. The van der Waals surface area contributed by atoms with Crippen LogP contribution >= 0.6 is 0 Å². The molecule has 0 aliphatic carbocycles. The molecule has 0 atom stereocenters. The van der Waals surface area contributed by atoms with Crippen LogP contribution in [0.2, 0.25) is 19.6 Å². The van der Waals surface area contributed by atoms with Crippen LogP contribution < -0.4 is 10.1 Å². The SMILES string of the molecule is CCOC(=O)c1cc(C#C[Si](C)(C)C)c(NC(C)=O)nc1OCC. The van der Waals surface area contributed by atoms with Crippen molar-refractivity contribution in [3.63, 3.8) is 0 Å². The minimum Gasteiger partial charge on any atom is -0.477 e. The lowest BCUT2D eigenvalue weighted by Gasteiger charge is -2.13. The lowest BCUT2D eigenvalue weighted by Crippen LogP contribution is -2.17. The number of ether oxygens (including phenoxy) is 2. The van der Waals surface area contributed by atoms with Crippen molar-refractivity contribution in [2.75, 3.05) is 18.5 Å². The second kappa shape index (κ2) is 8.50. The maximum absolute atomic E-state index is 12.2. The van der Waals surface area contributed by atoms with Gasteiger partial charge in [0.15, 0.2) is 5.82 Å². The fourth-order valence-electron chi connectivity index (χ4n) is 1.71. The molecule has 0 saturated heterocycles. The van der Waals surface area contributed by atoms with Gasteiger partial charge in [-0.2, -0.15) is 4.98 Å². The normalized spacial score (nSPS) is 10.4. The van der Waals surface area contributed by atoms with Gasteiger partial charge in [0.1, 0.15) is 13.6 Å². The molecule has 0 aromatic carbocycles. The fraction of sp³-hybridized carbons (Fsp3) is 0.471. The quantitative estimate of drug-likeness (QED) is 0.503. The van der Waals surface area contributed by atoms with Gasteiger partial charge in [0, 0.05) is 6.92 Å². The van der Waals surface area contributed by atoms with Gasteiger partial charge in [-0.1, -0.05) is 25.6 Å². The molecule has 130 valence electrons. The molecule has 0 bridgehead atoms. The topological polar surface area (TPSA) is 77.5 Å². The highest BCUT2D eigenvalue weighted by molar-refractivity contribution is 6.83. The highest BCUT2D eigenvalue weighted by Gasteiger charge is 2.20. The van der Waals surface area contributed by atoms with Gasteiger partial charge in [-0.3, -0.25) is 4.79 Å². The summed E-state index contributed by atoms with van der Waals surface area (Å²) in [6, 6.07) is 1.56. The number of hydrogen-bond donors (Lipinski definition) is 1. The molecule has 0 aliphatic rings. The summed E-state index contributed by atoms with van der Waals surface area (Å²) in [5, 5.41) is 2.64. The molecule has 1 rings (SSSR count). The molecule has 1 aromatic rings. The van der Waals surface area contributed by atoms with E-state index in [0.717, 1.165) is 0 Å². The molecular formula is C17H24N2O4Si. The summed E-state index contributed by atoms with van der Waals surface area (Å²) < 4.78 is 10.5. The van der Waals surface area contributed by atoms with Gasteiger partial charge < -0.3 is 14.8 Å². The van der Waals surface area contributed by atoms with E-state index in [0.29, 0.717) is 12.2 Å². The van der Waals surface area contributed by atoms with Gasteiger partial charge in [-0.15, -0.1) is 5.54 Å². The number of anilines is 1. The Bertz CT molecular complexity index is 684. The molecule has 0 unspecified atom stereocenters. The van der Waals surface area contributed by atoms with Crippen molar-refractivity contribution in [1.82, 2.24) is 4.98 Å². The summed E-state index contributed by atoms with van der Waals surface area (Å²) >= 11 is 0. The number of pyridine rings is 1. The Morgan fingerprint density at radius 3 is 2.42 bits per heavy atom. The molecule has 0 radical (unpaired) electrons. The van der Waals surface area contributed by atoms with Gasteiger partial charge >= 0.3 is 5.97 Å². The maximum atomic E-state index is 12.2. The molecule has 24 heavy (non-hydrogen) atoms. The van der Waals surface area contributed by atoms with Crippen molar-refractivity contribution >= 4 is 25.8 Å². The lowest BCUT2D eigenvalue weighted by atomic mass is 10.1. The number of nitrogens with one attached hydrogen (secondary N) is 1. The molecule has 0 saturated carbocycles. The van der Waals surface area contributed by atoms with Gasteiger partial charge in [0.05, 0.1) is 18.8 Å². The van der Waals surface area contributed by atoms with Crippen LogP contribution in [0.5, 0.6) is 5.88 Å². The van der Waals surface area contributed by atoms with Gasteiger partial charge in [-0.25, -0.2) is 4.79 Å². The number of aromatic nitrogens is 1. The van der Waals surface area contributed by atoms with Crippen molar-refractivity contribution in [1.29, 1.82) is 0 Å². The predicted octanol–water partition coefficient (Wildman–Crippen LogP) is 2.84. The standard InChI is InChI=1S/C17H24N2O4Si/c1-7-22-16-14(17(21)23-8-2)11-13(9-10-24(4,5)6)15(19-16)18-12(3)20/h11H,7-8H2,1-6H3,(H,18,19,20). The summed E-state index contributed by atoms with van der Waals surface area (Å²) in [5.41, 5.74) is 3.88. The molecule has 7 heteroatoms. The van der Waals surface area contributed by atoms with Crippen molar-refractivity contribution in [2.24, 2.45) is 0 Å².